The first kappa shape index (κ1) is 15.6. The third-order valence-electron chi connectivity index (χ3n) is 3.70. The van der Waals surface area contributed by atoms with Gasteiger partial charge in [-0.1, -0.05) is 13.8 Å². The van der Waals surface area contributed by atoms with E-state index < -0.39 is 0 Å². The van der Waals surface area contributed by atoms with Gasteiger partial charge in [0.05, 0.1) is 10.7 Å². The van der Waals surface area contributed by atoms with E-state index in [-0.39, 0.29) is 0 Å². The highest BCUT2D eigenvalue weighted by atomic mass is 32.2. The second-order valence-electron chi connectivity index (χ2n) is 5.14. The molecule has 2 rings (SSSR count). The van der Waals surface area contributed by atoms with Crippen molar-refractivity contribution in [1.29, 1.82) is 0 Å². The average molecular weight is 318 g/mol. The zero-order chi connectivity index (χ0) is 14.0. The van der Waals surface area contributed by atoms with Crippen LogP contribution < -0.4 is 11.3 Å². The van der Waals surface area contributed by atoms with Gasteiger partial charge in [-0.3, -0.25) is 11.3 Å². The van der Waals surface area contributed by atoms with Gasteiger partial charge in [-0.25, -0.2) is 4.98 Å². The van der Waals surface area contributed by atoms with E-state index in [9.17, 15) is 0 Å². The lowest BCUT2D eigenvalue weighted by molar-refractivity contribution is 0.520. The van der Waals surface area contributed by atoms with Crippen molar-refractivity contribution in [2.45, 2.75) is 55.9 Å². The molecule has 1 aliphatic rings. The summed E-state index contributed by atoms with van der Waals surface area (Å²) in [4.78, 5) is 5.95. The highest BCUT2D eigenvalue weighted by Gasteiger charge is 2.31. The van der Waals surface area contributed by atoms with E-state index in [0.29, 0.717) is 16.5 Å². The molecule has 0 bridgehead atoms. The second-order valence-corrected chi connectivity index (χ2v) is 9.46. The summed E-state index contributed by atoms with van der Waals surface area (Å²) >= 11 is 5.94. The third-order valence-corrected chi connectivity index (χ3v) is 8.35. The lowest BCUT2D eigenvalue weighted by Gasteiger charge is -2.35. The summed E-state index contributed by atoms with van der Waals surface area (Å²) in [6, 6.07) is 0.317. The van der Waals surface area contributed by atoms with Crippen molar-refractivity contribution in [3.8, 4) is 0 Å². The lowest BCUT2D eigenvalue weighted by Crippen LogP contribution is -2.47. The summed E-state index contributed by atoms with van der Waals surface area (Å²) in [5.41, 5.74) is 4.17. The predicted molar refractivity (Wildman–Crippen MR) is 89.2 cm³/mol. The van der Waals surface area contributed by atoms with Crippen molar-refractivity contribution in [3.05, 3.63) is 15.6 Å². The standard InChI is InChI=1S/C13H23N3S3/c1-7-8(2)19-13(15-7)5-11(16-14)12-6-17-9(3)10(4)18-12/h9-12,16H,5-6,14H2,1-4H3. The van der Waals surface area contributed by atoms with Crippen LogP contribution in [-0.4, -0.2) is 32.5 Å². The molecule has 108 valence electrons. The number of nitrogens with zero attached hydrogens (tertiary/aromatic N) is 1. The molecule has 0 radical (unpaired) electrons. The highest BCUT2D eigenvalue weighted by molar-refractivity contribution is 8.07. The van der Waals surface area contributed by atoms with Gasteiger partial charge in [0.1, 0.15) is 0 Å². The van der Waals surface area contributed by atoms with Crippen molar-refractivity contribution < 1.29 is 0 Å². The fraction of sp³-hybridized carbons (Fsp3) is 0.769. The number of thioether (sulfide) groups is 2. The summed E-state index contributed by atoms with van der Waals surface area (Å²) < 4.78 is 0. The molecule has 0 amide bonds. The molecular formula is C13H23N3S3. The summed E-state index contributed by atoms with van der Waals surface area (Å²) in [6.45, 7) is 8.85. The number of aromatic nitrogens is 1. The Labute approximate surface area is 128 Å². The van der Waals surface area contributed by atoms with E-state index in [2.05, 4.69) is 61.6 Å². The molecule has 0 saturated carbocycles. The van der Waals surface area contributed by atoms with Gasteiger partial charge in [-0.05, 0) is 13.8 Å². The van der Waals surface area contributed by atoms with Crippen LogP contribution in [0.5, 0.6) is 0 Å². The molecule has 6 heteroatoms. The smallest absolute Gasteiger partial charge is 0.0947 e. The number of rotatable bonds is 4. The van der Waals surface area contributed by atoms with Gasteiger partial charge < -0.3 is 0 Å². The van der Waals surface area contributed by atoms with E-state index in [1.807, 2.05) is 0 Å². The van der Waals surface area contributed by atoms with Crippen molar-refractivity contribution in [3.63, 3.8) is 0 Å². The SMILES string of the molecule is Cc1nc(CC(NN)C2CSC(C)C(C)S2)sc1C. The zero-order valence-corrected chi connectivity index (χ0v) is 14.4. The van der Waals surface area contributed by atoms with Gasteiger partial charge in [0.15, 0.2) is 0 Å². The maximum atomic E-state index is 5.78. The molecule has 0 aromatic carbocycles. The highest BCUT2D eigenvalue weighted by Crippen LogP contribution is 2.37. The van der Waals surface area contributed by atoms with E-state index in [1.54, 1.807) is 11.3 Å². The molecule has 1 aromatic rings. The van der Waals surface area contributed by atoms with Crippen LogP contribution in [0.4, 0.5) is 0 Å². The molecule has 3 nitrogen and oxygen atoms in total. The summed E-state index contributed by atoms with van der Waals surface area (Å²) in [5, 5.41) is 3.21. The number of hydrogen-bond acceptors (Lipinski definition) is 6. The topological polar surface area (TPSA) is 50.9 Å². The second kappa shape index (κ2) is 6.80. The maximum Gasteiger partial charge on any atom is 0.0947 e. The first-order valence-corrected chi connectivity index (χ1v) is 9.48. The van der Waals surface area contributed by atoms with Crippen LogP contribution in [0.15, 0.2) is 0 Å². The molecular weight excluding hydrogens is 294 g/mol. The van der Waals surface area contributed by atoms with Crippen LogP contribution in [0.3, 0.4) is 0 Å². The minimum absolute atomic E-state index is 0.317. The lowest BCUT2D eigenvalue weighted by atomic mass is 10.1. The van der Waals surface area contributed by atoms with E-state index >= 15 is 0 Å². The first-order chi connectivity index (χ1) is 9.01. The normalized spacial score (nSPS) is 29.4. The predicted octanol–water partition coefficient (Wildman–Crippen LogP) is 2.76. The molecule has 1 fully saturated rings. The van der Waals surface area contributed by atoms with Gasteiger partial charge in [0, 0.05) is 38.8 Å². The third kappa shape index (κ3) is 3.88. The number of nitrogens with one attached hydrogen (secondary N) is 1. The Balaban J connectivity index is 2.00. The van der Waals surface area contributed by atoms with Crippen molar-refractivity contribution in [1.82, 2.24) is 10.4 Å². The van der Waals surface area contributed by atoms with Crippen LogP contribution in [0.2, 0.25) is 0 Å². The van der Waals surface area contributed by atoms with E-state index in [1.165, 1.54) is 15.6 Å². The van der Waals surface area contributed by atoms with E-state index in [0.717, 1.165) is 17.4 Å². The van der Waals surface area contributed by atoms with Gasteiger partial charge >= 0.3 is 0 Å². The number of thiazole rings is 1. The fourth-order valence-electron chi connectivity index (χ4n) is 2.13. The van der Waals surface area contributed by atoms with Gasteiger partial charge in [-0.2, -0.15) is 23.5 Å². The minimum Gasteiger partial charge on any atom is -0.271 e. The molecule has 1 saturated heterocycles. The average Bonchev–Trinajstić information content (AvgIpc) is 2.69. The van der Waals surface area contributed by atoms with Crippen LogP contribution in [0.1, 0.15) is 29.4 Å². The number of aryl methyl sites for hydroxylation is 2. The fourth-order valence-corrected chi connectivity index (χ4v) is 6.24. The first-order valence-electron chi connectivity index (χ1n) is 6.67. The Hall–Kier alpha value is 0.250. The Kier molecular flexibility index (Phi) is 5.60. The van der Waals surface area contributed by atoms with Crippen molar-refractivity contribution in [2.75, 3.05) is 5.75 Å². The minimum atomic E-state index is 0.317. The molecule has 1 aliphatic heterocycles. The van der Waals surface area contributed by atoms with Gasteiger partial charge in [0.2, 0.25) is 0 Å². The molecule has 0 aliphatic carbocycles. The van der Waals surface area contributed by atoms with Crippen molar-refractivity contribution in [2.24, 2.45) is 5.84 Å². The van der Waals surface area contributed by atoms with E-state index in [4.69, 9.17) is 5.84 Å². The Bertz CT molecular complexity index is 402. The Morgan fingerprint density at radius 2 is 2.11 bits per heavy atom. The summed E-state index contributed by atoms with van der Waals surface area (Å²) in [7, 11) is 0. The van der Waals surface area contributed by atoms with Crippen LogP contribution in [-0.2, 0) is 6.42 Å². The molecule has 3 N–H and O–H groups in total. The monoisotopic (exact) mass is 317 g/mol. The summed E-state index contributed by atoms with van der Waals surface area (Å²) in [6.07, 6.45) is 0.940. The molecule has 1 aromatic heterocycles. The van der Waals surface area contributed by atoms with Crippen LogP contribution >= 0.6 is 34.9 Å². The number of nitrogens with two attached hydrogens (primary N) is 1. The number of hydrogen-bond donors (Lipinski definition) is 2. The Morgan fingerprint density at radius 1 is 1.37 bits per heavy atom. The number of hydrazine groups is 1. The largest absolute Gasteiger partial charge is 0.271 e. The summed E-state index contributed by atoms with van der Waals surface area (Å²) in [5.74, 6) is 6.96. The maximum absolute atomic E-state index is 5.78. The van der Waals surface area contributed by atoms with Gasteiger partial charge in [-0.15, -0.1) is 11.3 Å². The molecule has 4 unspecified atom stereocenters. The molecule has 19 heavy (non-hydrogen) atoms. The Morgan fingerprint density at radius 3 is 2.63 bits per heavy atom. The van der Waals surface area contributed by atoms with Crippen LogP contribution in [0.25, 0.3) is 0 Å². The van der Waals surface area contributed by atoms with Gasteiger partial charge in [0.25, 0.3) is 0 Å². The van der Waals surface area contributed by atoms with Crippen LogP contribution in [0, 0.1) is 13.8 Å². The van der Waals surface area contributed by atoms with Crippen molar-refractivity contribution >= 4 is 34.9 Å². The molecule has 2 heterocycles. The zero-order valence-electron chi connectivity index (χ0n) is 12.0. The molecule has 4 atom stereocenters. The quantitative estimate of drug-likeness (QED) is 0.660. The molecule has 0 spiro atoms.